The molecule has 0 aromatic heterocycles. The van der Waals surface area contributed by atoms with Crippen LogP contribution in [-0.2, 0) is 18.0 Å². The van der Waals surface area contributed by atoms with Gasteiger partial charge in [0.1, 0.15) is 0 Å². The van der Waals surface area contributed by atoms with Gasteiger partial charge in [-0.2, -0.15) is 0 Å². The lowest BCUT2D eigenvalue weighted by atomic mass is 10.1. The summed E-state index contributed by atoms with van der Waals surface area (Å²) in [5, 5.41) is 0. The maximum atomic E-state index is 5.51. The van der Waals surface area contributed by atoms with Crippen LogP contribution in [0.5, 0.6) is 0 Å². The summed E-state index contributed by atoms with van der Waals surface area (Å²) in [5.41, 5.74) is 0. The summed E-state index contributed by atoms with van der Waals surface area (Å²) in [7, 11) is 2.64. The van der Waals surface area contributed by atoms with Crippen molar-refractivity contribution < 1.29 is 18.0 Å². The average Bonchev–Trinajstić information content (AvgIpc) is 3.14. The minimum absolute atomic E-state index is 0.512. The summed E-state index contributed by atoms with van der Waals surface area (Å²) in [6.07, 6.45) is 3.32. The van der Waals surface area contributed by atoms with Crippen LogP contribution in [0.15, 0.2) is 0 Å². The van der Waals surface area contributed by atoms with Crippen molar-refractivity contribution in [2.24, 2.45) is 0 Å². The average molecular weight is 261 g/mol. The van der Waals surface area contributed by atoms with Gasteiger partial charge in [-0.05, 0) is 19.4 Å². The van der Waals surface area contributed by atoms with Crippen LogP contribution in [0.4, 0.5) is 0 Å². The van der Waals surface area contributed by atoms with Crippen LogP contribution in [0, 0.1) is 0 Å². The molecular formula is C11H23NO4Si. The first-order valence-electron chi connectivity index (χ1n) is 6.26. The van der Waals surface area contributed by atoms with Gasteiger partial charge in [-0.15, -0.1) is 0 Å². The van der Waals surface area contributed by atoms with Crippen LogP contribution in [0.1, 0.15) is 12.8 Å². The number of rotatable bonds is 7. The van der Waals surface area contributed by atoms with E-state index in [0.717, 1.165) is 32.1 Å². The zero-order chi connectivity index (χ0) is 12.3. The Morgan fingerprint density at radius 1 is 1.18 bits per heavy atom. The molecule has 2 fully saturated rings. The van der Waals surface area contributed by atoms with Crippen molar-refractivity contribution in [2.45, 2.75) is 31.1 Å². The second kappa shape index (κ2) is 5.77. The fourth-order valence-electron chi connectivity index (χ4n) is 2.53. The first-order valence-corrected chi connectivity index (χ1v) is 8.19. The maximum Gasteiger partial charge on any atom is 0.500 e. The molecule has 2 saturated heterocycles. The van der Waals surface area contributed by atoms with Crippen LogP contribution in [0.3, 0.4) is 0 Å². The topological polar surface area (TPSA) is 43.5 Å². The van der Waals surface area contributed by atoms with E-state index in [0.29, 0.717) is 12.2 Å². The molecule has 2 unspecified atom stereocenters. The molecule has 0 saturated carbocycles. The molecule has 0 aromatic carbocycles. The summed E-state index contributed by atoms with van der Waals surface area (Å²) < 4.78 is 21.7. The predicted octanol–water partition coefficient (Wildman–Crippen LogP) is 0.728. The van der Waals surface area contributed by atoms with E-state index in [4.69, 9.17) is 18.0 Å². The number of fused-ring (bicyclic) bond motifs is 1. The third-order valence-electron chi connectivity index (χ3n) is 3.75. The lowest BCUT2D eigenvalue weighted by Gasteiger charge is -2.27. The predicted molar refractivity (Wildman–Crippen MR) is 65.9 cm³/mol. The number of ether oxygens (including phenoxy) is 1. The van der Waals surface area contributed by atoms with E-state index in [-0.39, 0.29) is 0 Å². The van der Waals surface area contributed by atoms with Crippen molar-refractivity contribution in [3.63, 3.8) is 0 Å². The Morgan fingerprint density at radius 2 is 1.88 bits per heavy atom. The zero-order valence-electron chi connectivity index (χ0n) is 11.0. The highest BCUT2D eigenvalue weighted by molar-refractivity contribution is 6.60. The van der Waals surface area contributed by atoms with Gasteiger partial charge in [-0.25, -0.2) is 0 Å². The summed E-state index contributed by atoms with van der Waals surface area (Å²) in [6.45, 7) is 3.33. The molecule has 0 aliphatic carbocycles. The van der Waals surface area contributed by atoms with Crippen LogP contribution in [-0.4, -0.2) is 66.9 Å². The number of epoxide rings is 1. The van der Waals surface area contributed by atoms with Gasteiger partial charge >= 0.3 is 8.80 Å². The molecule has 0 spiro atoms. The molecule has 2 aliphatic heterocycles. The summed E-state index contributed by atoms with van der Waals surface area (Å²) >= 11 is 0. The van der Waals surface area contributed by atoms with E-state index in [9.17, 15) is 0 Å². The van der Waals surface area contributed by atoms with Gasteiger partial charge in [0, 0.05) is 40.5 Å². The second-order valence-electron chi connectivity index (χ2n) is 4.70. The van der Waals surface area contributed by atoms with E-state index in [2.05, 4.69) is 4.90 Å². The molecule has 0 aromatic rings. The van der Waals surface area contributed by atoms with E-state index >= 15 is 0 Å². The van der Waals surface area contributed by atoms with Crippen molar-refractivity contribution in [1.82, 2.24) is 4.90 Å². The van der Waals surface area contributed by atoms with Crippen LogP contribution >= 0.6 is 0 Å². The van der Waals surface area contributed by atoms with Gasteiger partial charge in [0.2, 0.25) is 0 Å². The van der Waals surface area contributed by atoms with Crippen molar-refractivity contribution in [3.8, 4) is 0 Å². The smallest absolute Gasteiger partial charge is 0.377 e. The highest BCUT2D eigenvalue weighted by Gasteiger charge is 2.43. The van der Waals surface area contributed by atoms with Crippen LogP contribution < -0.4 is 0 Å². The van der Waals surface area contributed by atoms with Gasteiger partial charge in [0.15, 0.2) is 0 Å². The Bertz CT molecular complexity index is 241. The van der Waals surface area contributed by atoms with Crippen LogP contribution in [0.25, 0.3) is 0 Å². The molecule has 100 valence electrons. The Morgan fingerprint density at radius 3 is 2.47 bits per heavy atom. The lowest BCUT2D eigenvalue weighted by Crippen LogP contribution is -2.43. The molecule has 5 nitrogen and oxygen atoms in total. The normalized spacial score (nSPS) is 29.1. The molecular weight excluding hydrogens is 238 g/mol. The Labute approximate surface area is 104 Å². The highest BCUT2D eigenvalue weighted by Crippen LogP contribution is 2.30. The van der Waals surface area contributed by atoms with Crippen molar-refractivity contribution >= 4 is 8.80 Å². The van der Waals surface area contributed by atoms with Crippen molar-refractivity contribution in [2.75, 3.05) is 41.0 Å². The molecule has 0 bridgehead atoms. The third kappa shape index (κ3) is 3.27. The van der Waals surface area contributed by atoms with E-state index < -0.39 is 8.80 Å². The van der Waals surface area contributed by atoms with Crippen molar-refractivity contribution in [1.29, 1.82) is 0 Å². The monoisotopic (exact) mass is 261 g/mol. The Hall–Kier alpha value is 0.0169. The molecule has 0 amide bonds. The SMILES string of the molecule is CO[Si](CCCN1CCC2OC2C1)(OC)OC. The highest BCUT2D eigenvalue weighted by atomic mass is 28.4. The lowest BCUT2D eigenvalue weighted by molar-refractivity contribution is 0.121. The number of hydrogen-bond donors (Lipinski definition) is 0. The van der Waals surface area contributed by atoms with Gasteiger partial charge in [0.25, 0.3) is 0 Å². The van der Waals surface area contributed by atoms with E-state index in [1.165, 1.54) is 6.42 Å². The van der Waals surface area contributed by atoms with E-state index in [1.54, 1.807) is 21.3 Å². The maximum absolute atomic E-state index is 5.51. The fourth-order valence-corrected chi connectivity index (χ4v) is 4.23. The van der Waals surface area contributed by atoms with Gasteiger partial charge in [-0.3, -0.25) is 0 Å². The van der Waals surface area contributed by atoms with Gasteiger partial charge in [-0.1, -0.05) is 0 Å². The number of piperidine rings is 1. The third-order valence-corrected chi connectivity index (χ3v) is 6.58. The van der Waals surface area contributed by atoms with Crippen LogP contribution in [0.2, 0.25) is 6.04 Å². The second-order valence-corrected chi connectivity index (χ2v) is 7.79. The van der Waals surface area contributed by atoms with Crippen molar-refractivity contribution in [3.05, 3.63) is 0 Å². The largest absolute Gasteiger partial charge is 0.500 e. The van der Waals surface area contributed by atoms with Gasteiger partial charge in [0.05, 0.1) is 12.2 Å². The molecule has 6 heteroatoms. The summed E-state index contributed by atoms with van der Waals surface area (Å²) in [5.74, 6) is 0. The molecule has 0 radical (unpaired) electrons. The molecule has 2 heterocycles. The van der Waals surface area contributed by atoms with E-state index in [1.807, 2.05) is 0 Å². The minimum Gasteiger partial charge on any atom is -0.377 e. The Kier molecular flexibility index (Phi) is 4.57. The molecule has 2 aliphatic rings. The zero-order valence-corrected chi connectivity index (χ0v) is 12.0. The number of hydrogen-bond acceptors (Lipinski definition) is 5. The summed E-state index contributed by atoms with van der Waals surface area (Å²) in [4.78, 5) is 2.47. The fraction of sp³-hybridized carbons (Fsp3) is 1.00. The number of nitrogens with zero attached hydrogens (tertiary/aromatic N) is 1. The quantitative estimate of drug-likeness (QED) is 0.499. The first kappa shape index (κ1) is 13.4. The molecule has 2 rings (SSSR count). The molecule has 0 N–H and O–H groups in total. The standard InChI is InChI=1S/C11H23NO4Si/c1-13-17(14-2,15-3)8-4-6-12-7-5-10-11(9-12)16-10/h10-11H,4-9H2,1-3H3. The molecule has 2 atom stereocenters. The Balaban J connectivity index is 1.67. The minimum atomic E-state index is -2.37. The first-order chi connectivity index (χ1) is 8.23. The number of likely N-dealkylation sites (tertiary alicyclic amines) is 1. The van der Waals surface area contributed by atoms with Gasteiger partial charge < -0.3 is 22.9 Å². The summed E-state index contributed by atoms with van der Waals surface area (Å²) in [6, 6.07) is 0.877. The molecule has 17 heavy (non-hydrogen) atoms.